The maximum atomic E-state index is 11.9. The van der Waals surface area contributed by atoms with Gasteiger partial charge in [-0.2, -0.15) is 0 Å². The smallest absolute Gasteiger partial charge is 0.253 e. The van der Waals surface area contributed by atoms with Crippen molar-refractivity contribution >= 4 is 11.6 Å². The van der Waals surface area contributed by atoms with Gasteiger partial charge in [-0.25, -0.2) is 9.97 Å². The maximum absolute atomic E-state index is 11.9. The van der Waals surface area contributed by atoms with Gasteiger partial charge < -0.3 is 16.0 Å². The molecule has 24 heavy (non-hydrogen) atoms. The number of nitrogen functional groups attached to an aromatic ring is 1. The molecule has 0 atom stereocenters. The van der Waals surface area contributed by atoms with Gasteiger partial charge in [0, 0.05) is 36.1 Å². The van der Waals surface area contributed by atoms with Crippen molar-refractivity contribution in [1.82, 2.24) is 20.3 Å². The van der Waals surface area contributed by atoms with Crippen LogP contribution in [-0.2, 0) is 6.42 Å². The molecule has 6 nitrogen and oxygen atoms in total. The first-order chi connectivity index (χ1) is 11.6. The van der Waals surface area contributed by atoms with E-state index in [1.807, 2.05) is 37.3 Å². The number of aromatic nitrogens is 3. The molecule has 0 unspecified atom stereocenters. The second-order valence-electron chi connectivity index (χ2n) is 5.92. The molecule has 0 bridgehead atoms. The predicted octanol–water partition coefficient (Wildman–Crippen LogP) is 2.32. The largest absolute Gasteiger partial charge is 0.399 e. The van der Waals surface area contributed by atoms with Crippen molar-refractivity contribution in [2.24, 2.45) is 0 Å². The predicted molar refractivity (Wildman–Crippen MR) is 92.4 cm³/mol. The SMILES string of the molecule is Cc1ccc(N)cc1-c1nccc(-c2cc3c([nH]2)CCNC3=O)n1. The molecule has 1 amide bonds. The summed E-state index contributed by atoms with van der Waals surface area (Å²) in [6, 6.07) is 9.38. The van der Waals surface area contributed by atoms with Crippen LogP contribution in [0.3, 0.4) is 0 Å². The Morgan fingerprint density at radius 1 is 1.17 bits per heavy atom. The molecule has 120 valence electrons. The van der Waals surface area contributed by atoms with Gasteiger partial charge in [-0.1, -0.05) is 6.07 Å². The van der Waals surface area contributed by atoms with Crippen molar-refractivity contribution in [1.29, 1.82) is 0 Å². The quantitative estimate of drug-likeness (QED) is 0.631. The number of carbonyl (C=O) groups excluding carboxylic acids is 1. The minimum Gasteiger partial charge on any atom is -0.399 e. The highest BCUT2D eigenvalue weighted by Crippen LogP contribution is 2.26. The molecular formula is C18H17N5O. The van der Waals surface area contributed by atoms with Crippen LogP contribution >= 0.6 is 0 Å². The highest BCUT2D eigenvalue weighted by atomic mass is 16.1. The van der Waals surface area contributed by atoms with Gasteiger partial charge in [-0.15, -0.1) is 0 Å². The summed E-state index contributed by atoms with van der Waals surface area (Å²) in [7, 11) is 0. The minimum atomic E-state index is -0.0419. The monoisotopic (exact) mass is 319 g/mol. The Labute approximate surface area is 139 Å². The molecule has 4 N–H and O–H groups in total. The van der Waals surface area contributed by atoms with Gasteiger partial charge in [-0.3, -0.25) is 4.79 Å². The lowest BCUT2D eigenvalue weighted by atomic mass is 10.1. The second-order valence-corrected chi connectivity index (χ2v) is 5.92. The Morgan fingerprint density at radius 2 is 2.04 bits per heavy atom. The number of hydrogen-bond donors (Lipinski definition) is 3. The lowest BCUT2D eigenvalue weighted by Crippen LogP contribution is -2.31. The first kappa shape index (κ1) is 14.4. The first-order valence-corrected chi connectivity index (χ1v) is 7.82. The molecule has 1 aliphatic heterocycles. The zero-order valence-electron chi connectivity index (χ0n) is 13.3. The summed E-state index contributed by atoms with van der Waals surface area (Å²) >= 11 is 0. The zero-order valence-corrected chi connectivity index (χ0v) is 13.3. The number of carbonyl (C=O) groups is 1. The van der Waals surface area contributed by atoms with E-state index in [0.717, 1.165) is 34.6 Å². The van der Waals surface area contributed by atoms with Crippen molar-refractivity contribution in [3.8, 4) is 22.8 Å². The van der Waals surface area contributed by atoms with Gasteiger partial charge in [0.05, 0.1) is 17.0 Å². The van der Waals surface area contributed by atoms with Gasteiger partial charge >= 0.3 is 0 Å². The Bertz CT molecular complexity index is 944. The van der Waals surface area contributed by atoms with Crippen molar-refractivity contribution in [2.45, 2.75) is 13.3 Å². The fourth-order valence-electron chi connectivity index (χ4n) is 2.95. The van der Waals surface area contributed by atoms with E-state index in [4.69, 9.17) is 5.73 Å². The lowest BCUT2D eigenvalue weighted by Gasteiger charge is -2.10. The van der Waals surface area contributed by atoms with Crippen molar-refractivity contribution in [3.63, 3.8) is 0 Å². The fraction of sp³-hybridized carbons (Fsp3) is 0.167. The van der Waals surface area contributed by atoms with E-state index in [-0.39, 0.29) is 5.91 Å². The number of H-pyrrole nitrogens is 1. The Hall–Kier alpha value is -3.15. The van der Waals surface area contributed by atoms with Gasteiger partial charge in [0.2, 0.25) is 0 Å². The third-order valence-electron chi connectivity index (χ3n) is 4.24. The zero-order chi connectivity index (χ0) is 16.7. The maximum Gasteiger partial charge on any atom is 0.253 e. The van der Waals surface area contributed by atoms with E-state index < -0.39 is 0 Å². The molecular weight excluding hydrogens is 302 g/mol. The number of nitrogens with zero attached hydrogens (tertiary/aromatic N) is 2. The average Bonchev–Trinajstić information content (AvgIpc) is 3.03. The number of rotatable bonds is 2. The van der Waals surface area contributed by atoms with Crippen LogP contribution in [-0.4, -0.2) is 27.4 Å². The van der Waals surface area contributed by atoms with E-state index in [1.165, 1.54) is 0 Å². The number of fused-ring (bicyclic) bond motifs is 1. The van der Waals surface area contributed by atoms with Crippen LogP contribution in [0.2, 0.25) is 0 Å². The summed E-state index contributed by atoms with van der Waals surface area (Å²) in [6.45, 7) is 2.66. The number of hydrogen-bond acceptors (Lipinski definition) is 4. The number of aryl methyl sites for hydroxylation is 1. The molecule has 3 heterocycles. The van der Waals surface area contributed by atoms with Crippen LogP contribution in [0, 0.1) is 6.92 Å². The third kappa shape index (κ3) is 2.42. The summed E-state index contributed by atoms with van der Waals surface area (Å²) < 4.78 is 0. The van der Waals surface area contributed by atoms with Gasteiger partial charge in [0.25, 0.3) is 5.91 Å². The van der Waals surface area contributed by atoms with Gasteiger partial charge in [0.1, 0.15) is 0 Å². The van der Waals surface area contributed by atoms with Crippen LogP contribution in [0.15, 0.2) is 36.5 Å². The van der Waals surface area contributed by atoms with Gasteiger partial charge in [-0.05, 0) is 36.8 Å². The molecule has 0 saturated carbocycles. The van der Waals surface area contributed by atoms with Crippen LogP contribution < -0.4 is 11.1 Å². The molecule has 4 rings (SSSR count). The van der Waals surface area contributed by atoms with E-state index in [1.54, 1.807) is 6.20 Å². The number of aromatic amines is 1. The average molecular weight is 319 g/mol. The van der Waals surface area contributed by atoms with E-state index in [9.17, 15) is 4.79 Å². The van der Waals surface area contributed by atoms with Crippen molar-refractivity contribution < 1.29 is 4.79 Å². The molecule has 0 saturated heterocycles. The summed E-state index contributed by atoms with van der Waals surface area (Å²) in [6.07, 6.45) is 2.52. The topological polar surface area (TPSA) is 96.7 Å². The normalized spacial score (nSPS) is 13.5. The van der Waals surface area contributed by atoms with Gasteiger partial charge in [0.15, 0.2) is 5.82 Å². The number of anilines is 1. The highest BCUT2D eigenvalue weighted by molar-refractivity contribution is 5.97. The molecule has 0 radical (unpaired) electrons. The molecule has 2 aromatic heterocycles. The second kappa shape index (κ2) is 5.49. The van der Waals surface area contributed by atoms with Crippen LogP contribution in [0.25, 0.3) is 22.8 Å². The molecule has 3 aromatic rings. The Morgan fingerprint density at radius 3 is 2.88 bits per heavy atom. The lowest BCUT2D eigenvalue weighted by molar-refractivity contribution is 0.0946. The summed E-state index contributed by atoms with van der Waals surface area (Å²) in [5, 5.41) is 2.85. The number of benzene rings is 1. The molecule has 1 aromatic carbocycles. The number of nitrogens with two attached hydrogens (primary N) is 1. The first-order valence-electron chi connectivity index (χ1n) is 7.82. The number of nitrogens with one attached hydrogen (secondary N) is 2. The van der Waals surface area contributed by atoms with E-state index in [0.29, 0.717) is 23.6 Å². The van der Waals surface area contributed by atoms with E-state index in [2.05, 4.69) is 20.3 Å². The standard InChI is InChI=1S/C18H17N5O/c1-10-2-3-11(19)8-12(10)17-20-6-5-15(23-17)16-9-13-14(22-16)4-7-21-18(13)24/h2-3,5-6,8-9,22H,4,7,19H2,1H3,(H,21,24). The van der Waals surface area contributed by atoms with E-state index >= 15 is 0 Å². The third-order valence-corrected chi connectivity index (χ3v) is 4.24. The van der Waals surface area contributed by atoms with Crippen molar-refractivity contribution in [2.75, 3.05) is 12.3 Å². The number of amides is 1. The van der Waals surface area contributed by atoms with Crippen molar-refractivity contribution in [3.05, 3.63) is 53.3 Å². The van der Waals surface area contributed by atoms with Crippen LogP contribution in [0.1, 0.15) is 21.6 Å². The summed E-state index contributed by atoms with van der Waals surface area (Å²) in [5.41, 5.74) is 11.8. The Balaban J connectivity index is 1.78. The summed E-state index contributed by atoms with van der Waals surface area (Å²) in [4.78, 5) is 24.3. The van der Waals surface area contributed by atoms with Crippen LogP contribution in [0.5, 0.6) is 0 Å². The van der Waals surface area contributed by atoms with Crippen LogP contribution in [0.4, 0.5) is 5.69 Å². The summed E-state index contributed by atoms with van der Waals surface area (Å²) in [5.74, 6) is 0.578. The highest BCUT2D eigenvalue weighted by Gasteiger charge is 2.20. The minimum absolute atomic E-state index is 0.0419. The molecule has 0 aliphatic carbocycles. The molecule has 0 fully saturated rings. The Kier molecular flexibility index (Phi) is 3.30. The molecule has 0 spiro atoms. The molecule has 1 aliphatic rings. The fourth-order valence-corrected chi connectivity index (χ4v) is 2.95. The molecule has 6 heteroatoms.